The van der Waals surface area contributed by atoms with Crippen molar-refractivity contribution >= 4 is 17.8 Å². The summed E-state index contributed by atoms with van der Waals surface area (Å²) in [6.07, 6.45) is 2.75. The van der Waals surface area contributed by atoms with E-state index in [2.05, 4.69) is 5.32 Å². The Labute approximate surface area is 141 Å². The number of furan rings is 1. The zero-order valence-corrected chi connectivity index (χ0v) is 14.1. The summed E-state index contributed by atoms with van der Waals surface area (Å²) in [6, 6.07) is 1.28. The number of piperidine rings is 1. The molecular weight excluding hydrogens is 312 g/mol. The van der Waals surface area contributed by atoms with Gasteiger partial charge in [0.15, 0.2) is 5.76 Å². The molecule has 132 valence electrons. The Morgan fingerprint density at radius 3 is 2.71 bits per heavy atom. The number of likely N-dealkylation sites (tertiary alicyclic amines) is 1. The smallest absolute Gasteiger partial charge is 0.339 e. The molecule has 1 saturated heterocycles. The number of aryl methyl sites for hydroxylation is 1. The second kappa shape index (κ2) is 7.99. The fourth-order valence-electron chi connectivity index (χ4n) is 2.90. The van der Waals surface area contributed by atoms with E-state index in [1.807, 2.05) is 6.92 Å². The van der Waals surface area contributed by atoms with Crippen LogP contribution >= 0.6 is 0 Å². The summed E-state index contributed by atoms with van der Waals surface area (Å²) in [5.41, 5.74) is 0.0232. The maximum absolute atomic E-state index is 12.6. The lowest BCUT2D eigenvalue weighted by Gasteiger charge is -2.31. The number of rotatable bonds is 6. The highest BCUT2D eigenvalue weighted by Crippen LogP contribution is 2.22. The van der Waals surface area contributed by atoms with Crippen LogP contribution in [0.3, 0.4) is 0 Å². The SMILES string of the molecule is CCCNC(=O)C1CCCN(C(=O)c2cc(C(=O)O)c(CC)o2)C1. The molecule has 1 aromatic heterocycles. The minimum absolute atomic E-state index is 0.0232. The number of carbonyl (C=O) groups is 3. The second-order valence-corrected chi connectivity index (χ2v) is 5.99. The summed E-state index contributed by atoms with van der Waals surface area (Å²) in [4.78, 5) is 37.5. The van der Waals surface area contributed by atoms with E-state index >= 15 is 0 Å². The molecule has 24 heavy (non-hydrogen) atoms. The van der Waals surface area contributed by atoms with Gasteiger partial charge in [-0.15, -0.1) is 0 Å². The van der Waals surface area contributed by atoms with Crippen molar-refractivity contribution in [1.29, 1.82) is 0 Å². The topological polar surface area (TPSA) is 99.9 Å². The van der Waals surface area contributed by atoms with E-state index < -0.39 is 5.97 Å². The Bertz CT molecular complexity index is 622. The van der Waals surface area contributed by atoms with E-state index in [1.165, 1.54) is 6.07 Å². The van der Waals surface area contributed by atoms with Crippen LogP contribution in [-0.4, -0.2) is 47.4 Å². The van der Waals surface area contributed by atoms with Crippen LogP contribution in [0.1, 0.15) is 59.8 Å². The molecule has 1 aliphatic heterocycles. The maximum Gasteiger partial charge on any atom is 0.339 e. The highest BCUT2D eigenvalue weighted by atomic mass is 16.4. The third-order valence-corrected chi connectivity index (χ3v) is 4.20. The minimum Gasteiger partial charge on any atom is -0.478 e. The Morgan fingerprint density at radius 2 is 2.12 bits per heavy atom. The van der Waals surface area contributed by atoms with Crippen molar-refractivity contribution in [3.63, 3.8) is 0 Å². The first-order valence-electron chi connectivity index (χ1n) is 8.40. The van der Waals surface area contributed by atoms with Gasteiger partial charge in [-0.05, 0) is 19.3 Å². The molecule has 1 fully saturated rings. The molecule has 0 radical (unpaired) electrons. The number of nitrogens with one attached hydrogen (secondary N) is 1. The predicted molar refractivity (Wildman–Crippen MR) is 87.0 cm³/mol. The highest BCUT2D eigenvalue weighted by Gasteiger charge is 2.31. The lowest BCUT2D eigenvalue weighted by atomic mass is 9.97. The van der Waals surface area contributed by atoms with Crippen molar-refractivity contribution < 1.29 is 23.9 Å². The Kier molecular flexibility index (Phi) is 6.00. The first kappa shape index (κ1) is 18.0. The number of aromatic carboxylic acids is 1. The average molecular weight is 336 g/mol. The molecule has 0 aromatic carbocycles. The molecule has 1 atom stereocenters. The summed E-state index contributed by atoms with van der Waals surface area (Å²) in [7, 11) is 0. The molecule has 2 heterocycles. The van der Waals surface area contributed by atoms with Crippen LogP contribution < -0.4 is 5.32 Å². The zero-order chi connectivity index (χ0) is 17.7. The van der Waals surface area contributed by atoms with E-state index in [0.717, 1.165) is 19.3 Å². The molecule has 1 unspecified atom stereocenters. The fourth-order valence-corrected chi connectivity index (χ4v) is 2.90. The summed E-state index contributed by atoms with van der Waals surface area (Å²) in [5, 5.41) is 12.0. The molecule has 2 amide bonds. The normalized spacial score (nSPS) is 17.6. The number of hydrogen-bond donors (Lipinski definition) is 2. The highest BCUT2D eigenvalue weighted by molar-refractivity contribution is 5.96. The van der Waals surface area contributed by atoms with Crippen LogP contribution in [0.15, 0.2) is 10.5 Å². The lowest BCUT2D eigenvalue weighted by Crippen LogP contribution is -2.45. The van der Waals surface area contributed by atoms with Gasteiger partial charge in [-0.3, -0.25) is 9.59 Å². The Morgan fingerprint density at radius 1 is 1.38 bits per heavy atom. The number of amides is 2. The van der Waals surface area contributed by atoms with Gasteiger partial charge in [-0.25, -0.2) is 4.79 Å². The number of carboxylic acids is 1. The first-order valence-corrected chi connectivity index (χ1v) is 8.40. The van der Waals surface area contributed by atoms with Gasteiger partial charge in [0, 0.05) is 32.1 Å². The van der Waals surface area contributed by atoms with Gasteiger partial charge in [0.05, 0.1) is 5.92 Å². The van der Waals surface area contributed by atoms with E-state index in [0.29, 0.717) is 31.8 Å². The van der Waals surface area contributed by atoms with Gasteiger partial charge in [-0.1, -0.05) is 13.8 Å². The van der Waals surface area contributed by atoms with Crippen LogP contribution in [0.25, 0.3) is 0 Å². The van der Waals surface area contributed by atoms with Crippen molar-refractivity contribution in [1.82, 2.24) is 10.2 Å². The molecule has 1 aliphatic rings. The van der Waals surface area contributed by atoms with Crippen LogP contribution in [0, 0.1) is 5.92 Å². The van der Waals surface area contributed by atoms with Gasteiger partial charge in [-0.2, -0.15) is 0 Å². The summed E-state index contributed by atoms with van der Waals surface area (Å²) in [5.74, 6) is -1.41. The Hall–Kier alpha value is -2.31. The molecule has 0 saturated carbocycles. The largest absolute Gasteiger partial charge is 0.478 e. The third-order valence-electron chi connectivity index (χ3n) is 4.20. The minimum atomic E-state index is -1.11. The monoisotopic (exact) mass is 336 g/mol. The zero-order valence-electron chi connectivity index (χ0n) is 14.1. The summed E-state index contributed by atoms with van der Waals surface area (Å²) < 4.78 is 5.43. The molecule has 7 nitrogen and oxygen atoms in total. The predicted octanol–water partition coefficient (Wildman–Crippen LogP) is 1.92. The van der Waals surface area contributed by atoms with Gasteiger partial charge in [0.2, 0.25) is 5.91 Å². The van der Waals surface area contributed by atoms with Crippen LogP contribution in [0.4, 0.5) is 0 Å². The summed E-state index contributed by atoms with van der Waals surface area (Å²) >= 11 is 0. The number of carbonyl (C=O) groups excluding carboxylic acids is 2. The molecule has 0 aliphatic carbocycles. The molecule has 0 spiro atoms. The second-order valence-electron chi connectivity index (χ2n) is 5.99. The van der Waals surface area contributed by atoms with Crippen LogP contribution in [0.5, 0.6) is 0 Å². The summed E-state index contributed by atoms with van der Waals surface area (Å²) in [6.45, 7) is 5.26. The molecule has 2 N–H and O–H groups in total. The van der Waals surface area contributed by atoms with E-state index in [4.69, 9.17) is 9.52 Å². The van der Waals surface area contributed by atoms with E-state index in [9.17, 15) is 14.4 Å². The maximum atomic E-state index is 12.6. The first-order chi connectivity index (χ1) is 11.5. The van der Waals surface area contributed by atoms with Crippen molar-refractivity contribution in [2.75, 3.05) is 19.6 Å². The lowest BCUT2D eigenvalue weighted by molar-refractivity contribution is -0.126. The Balaban J connectivity index is 2.09. The number of carboxylic acid groups (broad SMARTS) is 1. The van der Waals surface area contributed by atoms with E-state index in [-0.39, 0.29) is 29.1 Å². The van der Waals surface area contributed by atoms with Crippen LogP contribution in [-0.2, 0) is 11.2 Å². The quantitative estimate of drug-likeness (QED) is 0.827. The average Bonchev–Trinajstić information content (AvgIpc) is 3.03. The van der Waals surface area contributed by atoms with Crippen LogP contribution in [0.2, 0.25) is 0 Å². The molecular formula is C17H24N2O5. The van der Waals surface area contributed by atoms with Gasteiger partial charge >= 0.3 is 5.97 Å². The van der Waals surface area contributed by atoms with E-state index in [1.54, 1.807) is 11.8 Å². The molecule has 2 rings (SSSR count). The standard InChI is InChI=1S/C17H24N2O5/c1-3-7-18-15(20)11-6-5-8-19(10-11)16(21)14-9-12(17(22)23)13(4-2)24-14/h9,11H,3-8,10H2,1-2H3,(H,18,20)(H,22,23). The van der Waals surface area contributed by atoms with Gasteiger partial charge in [0.1, 0.15) is 11.3 Å². The van der Waals surface area contributed by atoms with Crippen molar-refractivity contribution in [2.45, 2.75) is 39.5 Å². The van der Waals surface area contributed by atoms with Crippen molar-refractivity contribution in [2.24, 2.45) is 5.92 Å². The molecule has 0 bridgehead atoms. The van der Waals surface area contributed by atoms with Gasteiger partial charge in [0.25, 0.3) is 5.91 Å². The van der Waals surface area contributed by atoms with Crippen molar-refractivity contribution in [3.8, 4) is 0 Å². The fraction of sp³-hybridized carbons (Fsp3) is 0.588. The molecule has 1 aromatic rings. The number of hydrogen-bond acceptors (Lipinski definition) is 4. The molecule has 7 heteroatoms. The van der Waals surface area contributed by atoms with Crippen molar-refractivity contribution in [3.05, 3.63) is 23.2 Å². The third kappa shape index (κ3) is 3.96. The number of nitrogens with zero attached hydrogens (tertiary/aromatic N) is 1. The van der Waals surface area contributed by atoms with Gasteiger partial charge < -0.3 is 19.7 Å².